The van der Waals surface area contributed by atoms with E-state index in [2.05, 4.69) is 16.8 Å². The van der Waals surface area contributed by atoms with E-state index in [9.17, 15) is 19.1 Å². The number of benzene rings is 1. The molecule has 1 amide bonds. The fraction of sp³-hybridized carbons (Fsp3) is 0.545. The summed E-state index contributed by atoms with van der Waals surface area (Å²) in [4.78, 5) is 25.6. The van der Waals surface area contributed by atoms with Gasteiger partial charge in [-0.1, -0.05) is 18.2 Å². The second kappa shape index (κ2) is 9.87. The number of nitrogens with zero attached hydrogens (tertiary/aromatic N) is 1. The number of carbonyl (C=O) groups excluding carboxylic acids is 1. The van der Waals surface area contributed by atoms with Crippen molar-refractivity contribution in [2.45, 2.75) is 63.6 Å². The van der Waals surface area contributed by atoms with Crippen molar-refractivity contribution in [2.75, 3.05) is 13.1 Å². The van der Waals surface area contributed by atoms with Crippen molar-refractivity contribution in [3.8, 4) is 0 Å². The summed E-state index contributed by atoms with van der Waals surface area (Å²) in [5.74, 6) is -0.974. The Hall–Kier alpha value is -2.41. The van der Waals surface area contributed by atoms with Gasteiger partial charge >= 0.3 is 12.1 Å². The van der Waals surface area contributed by atoms with Crippen LogP contribution in [-0.2, 0) is 9.53 Å². The van der Waals surface area contributed by atoms with E-state index in [0.717, 1.165) is 12.0 Å². The number of hydrogen-bond acceptors (Lipinski definition) is 4. The molecule has 29 heavy (non-hydrogen) atoms. The van der Waals surface area contributed by atoms with Crippen LogP contribution in [-0.4, -0.2) is 52.8 Å². The number of alkyl carbamates (subject to hydrolysis) is 1. The second-order valence-corrected chi connectivity index (χ2v) is 8.42. The molecule has 0 heterocycles. The van der Waals surface area contributed by atoms with E-state index >= 15 is 0 Å². The lowest BCUT2D eigenvalue weighted by Gasteiger charge is -2.24. The van der Waals surface area contributed by atoms with Gasteiger partial charge in [0.2, 0.25) is 0 Å². The summed E-state index contributed by atoms with van der Waals surface area (Å²) < 4.78 is 18.3. The van der Waals surface area contributed by atoms with E-state index in [1.165, 1.54) is 12.1 Å². The fourth-order valence-electron chi connectivity index (χ4n) is 3.42. The average Bonchev–Trinajstić information content (AvgIpc) is 3.39. The number of amides is 1. The van der Waals surface area contributed by atoms with Crippen LogP contribution in [0.4, 0.5) is 9.18 Å². The normalized spacial score (nSPS) is 19.5. The second-order valence-electron chi connectivity index (χ2n) is 8.42. The summed E-state index contributed by atoms with van der Waals surface area (Å²) in [5, 5.41) is 11.8. The molecule has 0 aliphatic heterocycles. The van der Waals surface area contributed by atoms with Gasteiger partial charge in [-0.05, 0) is 64.3 Å². The predicted molar refractivity (Wildman–Crippen MR) is 109 cm³/mol. The lowest BCUT2D eigenvalue weighted by Crippen LogP contribution is -2.43. The van der Waals surface area contributed by atoms with Crippen molar-refractivity contribution in [1.29, 1.82) is 0 Å². The monoisotopic (exact) mass is 406 g/mol. The van der Waals surface area contributed by atoms with Gasteiger partial charge in [-0.25, -0.2) is 14.0 Å². The van der Waals surface area contributed by atoms with E-state index < -0.39 is 23.7 Å². The number of hydrogen-bond donors (Lipinski definition) is 2. The quantitative estimate of drug-likeness (QED) is 0.576. The number of halogens is 1. The maximum absolute atomic E-state index is 13.1. The van der Waals surface area contributed by atoms with Gasteiger partial charge in [0.1, 0.15) is 17.5 Å². The minimum Gasteiger partial charge on any atom is -0.480 e. The molecule has 2 N–H and O–H groups in total. The van der Waals surface area contributed by atoms with E-state index in [-0.39, 0.29) is 5.82 Å². The molecule has 1 aromatic carbocycles. The highest BCUT2D eigenvalue weighted by atomic mass is 19.1. The Morgan fingerprint density at radius 1 is 1.38 bits per heavy atom. The van der Waals surface area contributed by atoms with Gasteiger partial charge in [0.25, 0.3) is 0 Å². The lowest BCUT2D eigenvalue weighted by molar-refractivity contribution is -0.139. The number of aliphatic carboxylic acids is 1. The minimum absolute atomic E-state index is 0.244. The van der Waals surface area contributed by atoms with E-state index in [1.54, 1.807) is 20.8 Å². The van der Waals surface area contributed by atoms with Gasteiger partial charge < -0.3 is 15.2 Å². The molecule has 0 aromatic heterocycles. The minimum atomic E-state index is -1.08. The van der Waals surface area contributed by atoms with E-state index in [0.29, 0.717) is 37.9 Å². The Labute approximate surface area is 171 Å². The van der Waals surface area contributed by atoms with Gasteiger partial charge in [0.15, 0.2) is 0 Å². The number of carbonyl (C=O) groups is 2. The number of carboxylic acids is 1. The SMILES string of the molecule is C=CCN(CCC[C@H](NC(=O)OC(C)(C)C)C(=O)O)[C@@H]1C[C@H]1c1ccc(F)cc1. The van der Waals surface area contributed by atoms with E-state index in [1.807, 2.05) is 18.2 Å². The number of ether oxygens (including phenoxy) is 1. The van der Waals surface area contributed by atoms with Crippen LogP contribution in [0.1, 0.15) is 51.5 Å². The standard InChI is InChI=1S/C22H31FN2O4/c1-5-12-25(19-14-17(19)15-8-10-16(23)11-9-15)13-6-7-18(20(26)27)24-21(28)29-22(2,3)4/h5,8-11,17-19H,1,6-7,12-14H2,2-4H3,(H,24,28)(H,26,27)/t17-,18-,19+/m0/s1. The van der Waals surface area contributed by atoms with Crippen molar-refractivity contribution in [3.63, 3.8) is 0 Å². The molecular weight excluding hydrogens is 375 g/mol. The first-order valence-electron chi connectivity index (χ1n) is 9.93. The van der Waals surface area contributed by atoms with Crippen molar-refractivity contribution in [1.82, 2.24) is 10.2 Å². The molecular formula is C22H31FN2O4. The molecule has 6 nitrogen and oxygen atoms in total. The zero-order chi connectivity index (χ0) is 21.6. The number of rotatable bonds is 10. The van der Waals surface area contributed by atoms with Gasteiger partial charge in [0, 0.05) is 18.5 Å². The third-order valence-electron chi connectivity index (χ3n) is 4.81. The maximum Gasteiger partial charge on any atom is 0.408 e. The van der Waals surface area contributed by atoms with Crippen LogP contribution in [0.3, 0.4) is 0 Å². The molecule has 0 bridgehead atoms. The van der Waals surface area contributed by atoms with Crippen molar-refractivity contribution < 1.29 is 23.8 Å². The molecule has 3 atom stereocenters. The molecule has 7 heteroatoms. The molecule has 0 spiro atoms. The average molecular weight is 406 g/mol. The zero-order valence-electron chi connectivity index (χ0n) is 17.4. The van der Waals surface area contributed by atoms with Gasteiger partial charge in [-0.3, -0.25) is 4.90 Å². The fourth-order valence-corrected chi connectivity index (χ4v) is 3.42. The van der Waals surface area contributed by atoms with Crippen LogP contribution in [0.25, 0.3) is 0 Å². The highest BCUT2D eigenvalue weighted by Gasteiger charge is 2.42. The lowest BCUT2D eigenvalue weighted by atomic mass is 10.1. The van der Waals surface area contributed by atoms with E-state index in [4.69, 9.17) is 4.74 Å². The molecule has 2 rings (SSSR count). The first kappa shape index (κ1) is 22.9. The molecule has 0 radical (unpaired) electrons. The predicted octanol–water partition coefficient (Wildman–Crippen LogP) is 3.93. The Balaban J connectivity index is 1.86. The summed E-state index contributed by atoms with van der Waals surface area (Å²) >= 11 is 0. The highest BCUT2D eigenvalue weighted by Crippen LogP contribution is 2.44. The molecule has 1 aromatic rings. The third kappa shape index (κ3) is 7.49. The van der Waals surface area contributed by atoms with Crippen molar-refractivity contribution in [3.05, 3.63) is 48.3 Å². The Bertz CT molecular complexity index is 715. The smallest absolute Gasteiger partial charge is 0.408 e. The highest BCUT2D eigenvalue weighted by molar-refractivity contribution is 5.79. The largest absolute Gasteiger partial charge is 0.480 e. The van der Waals surface area contributed by atoms with Crippen molar-refractivity contribution in [2.24, 2.45) is 0 Å². The molecule has 160 valence electrons. The van der Waals surface area contributed by atoms with Crippen LogP contribution in [0.15, 0.2) is 36.9 Å². The van der Waals surface area contributed by atoms with Crippen LogP contribution in [0, 0.1) is 5.82 Å². The Morgan fingerprint density at radius 2 is 2.03 bits per heavy atom. The Kier molecular flexibility index (Phi) is 7.79. The summed E-state index contributed by atoms with van der Waals surface area (Å²) in [6.45, 7) is 10.4. The molecule has 0 saturated heterocycles. The molecule has 1 aliphatic rings. The summed E-state index contributed by atoms with van der Waals surface area (Å²) in [7, 11) is 0. The van der Waals surface area contributed by atoms with Crippen molar-refractivity contribution >= 4 is 12.1 Å². The first-order chi connectivity index (χ1) is 13.6. The Morgan fingerprint density at radius 3 is 2.59 bits per heavy atom. The summed E-state index contributed by atoms with van der Waals surface area (Å²) in [6.07, 6.45) is 2.99. The molecule has 1 aliphatic carbocycles. The molecule has 0 unspecified atom stereocenters. The van der Waals surface area contributed by atoms with Gasteiger partial charge in [-0.15, -0.1) is 6.58 Å². The van der Waals surface area contributed by atoms with Crippen LogP contribution >= 0.6 is 0 Å². The molecule has 1 fully saturated rings. The number of nitrogens with one attached hydrogen (secondary N) is 1. The van der Waals surface area contributed by atoms with Gasteiger partial charge in [-0.2, -0.15) is 0 Å². The summed E-state index contributed by atoms with van der Waals surface area (Å²) in [6, 6.07) is 5.92. The maximum atomic E-state index is 13.1. The zero-order valence-corrected chi connectivity index (χ0v) is 17.4. The van der Waals surface area contributed by atoms with Gasteiger partial charge in [0.05, 0.1) is 0 Å². The topological polar surface area (TPSA) is 78.9 Å². The summed E-state index contributed by atoms with van der Waals surface area (Å²) in [5.41, 5.74) is 0.426. The van der Waals surface area contributed by atoms with Crippen LogP contribution in [0.2, 0.25) is 0 Å². The number of carboxylic acid groups (broad SMARTS) is 1. The van der Waals surface area contributed by atoms with Crippen LogP contribution < -0.4 is 5.32 Å². The first-order valence-corrected chi connectivity index (χ1v) is 9.93. The third-order valence-corrected chi connectivity index (χ3v) is 4.81. The molecule has 1 saturated carbocycles. The van der Waals surface area contributed by atoms with Crippen LogP contribution in [0.5, 0.6) is 0 Å².